The highest BCUT2D eigenvalue weighted by molar-refractivity contribution is 7.22. The number of benzene rings is 1. The number of nitrogens with zero attached hydrogens (tertiary/aromatic N) is 1. The first-order valence-electron chi connectivity index (χ1n) is 5.63. The van der Waals surface area contributed by atoms with Crippen LogP contribution in [0.1, 0.15) is 6.42 Å². The van der Waals surface area contributed by atoms with E-state index in [9.17, 15) is 14.7 Å². The second-order valence-electron chi connectivity index (χ2n) is 4.36. The molecule has 1 aliphatic rings. The minimum atomic E-state index is -1.17. The number of carboxylic acids is 1. The number of carbonyl (C=O) groups is 2. The molecule has 1 aromatic carbocycles. The fourth-order valence-corrected chi connectivity index (χ4v) is 3.08. The van der Waals surface area contributed by atoms with Crippen LogP contribution in [0, 0.1) is 11.8 Å². The van der Waals surface area contributed by atoms with Crippen LogP contribution in [0.4, 0.5) is 5.13 Å². The van der Waals surface area contributed by atoms with Gasteiger partial charge in [0.15, 0.2) is 5.13 Å². The molecule has 98 valence electrons. The van der Waals surface area contributed by atoms with E-state index in [1.807, 2.05) is 12.1 Å². The average molecular weight is 296 g/mol. The predicted octanol–water partition coefficient (Wildman–Crippen LogP) is 1.27. The normalized spacial score (nSPS) is 21.3. The molecule has 0 bridgehead atoms. The standard InChI is InChI=1S/C12H9ClN2O3S/c13-7-2-1-3-8-9(7)14-12(19-8)15-10(16)5-4-6(5)11(17)18/h1-3,5-6H,4H2,(H,17,18)(H,14,15,16)/p-1/t5-,6-/m0/s1. The molecule has 1 N–H and O–H groups in total. The van der Waals surface area contributed by atoms with Crippen LogP contribution in [0.3, 0.4) is 0 Å². The first-order valence-corrected chi connectivity index (χ1v) is 6.82. The zero-order valence-electron chi connectivity index (χ0n) is 9.55. The summed E-state index contributed by atoms with van der Waals surface area (Å²) in [5.74, 6) is -2.68. The van der Waals surface area contributed by atoms with Crippen LogP contribution >= 0.6 is 22.9 Å². The van der Waals surface area contributed by atoms with E-state index in [-0.39, 0.29) is 5.91 Å². The second kappa shape index (κ2) is 4.47. The predicted molar refractivity (Wildman–Crippen MR) is 69.9 cm³/mol. The van der Waals surface area contributed by atoms with Gasteiger partial charge in [-0.3, -0.25) is 4.79 Å². The van der Waals surface area contributed by atoms with E-state index in [1.165, 1.54) is 11.3 Å². The van der Waals surface area contributed by atoms with Gasteiger partial charge in [-0.2, -0.15) is 0 Å². The molecule has 1 heterocycles. The summed E-state index contributed by atoms with van der Waals surface area (Å²) in [7, 11) is 0. The molecule has 0 unspecified atom stereocenters. The Balaban J connectivity index is 1.77. The molecule has 1 amide bonds. The molecule has 0 radical (unpaired) electrons. The van der Waals surface area contributed by atoms with Crippen LogP contribution in [0.2, 0.25) is 5.02 Å². The largest absolute Gasteiger partial charge is 0.550 e. The third-order valence-corrected chi connectivity index (χ3v) is 4.27. The number of thiazole rings is 1. The summed E-state index contributed by atoms with van der Waals surface area (Å²) in [6.45, 7) is 0. The Morgan fingerprint density at radius 3 is 2.84 bits per heavy atom. The lowest BCUT2D eigenvalue weighted by atomic mass is 10.3. The van der Waals surface area contributed by atoms with Gasteiger partial charge in [-0.15, -0.1) is 0 Å². The Morgan fingerprint density at radius 1 is 1.42 bits per heavy atom. The summed E-state index contributed by atoms with van der Waals surface area (Å²) >= 11 is 7.30. The molecular weight excluding hydrogens is 288 g/mol. The van der Waals surface area contributed by atoms with Gasteiger partial charge >= 0.3 is 0 Å². The van der Waals surface area contributed by atoms with E-state index in [4.69, 9.17) is 11.6 Å². The summed E-state index contributed by atoms with van der Waals surface area (Å²) in [5.41, 5.74) is 0.636. The third kappa shape index (κ3) is 2.29. The molecule has 1 aliphatic carbocycles. The van der Waals surface area contributed by atoms with Gasteiger partial charge in [0.25, 0.3) is 0 Å². The SMILES string of the molecule is O=C([O-])[C@H]1C[C@@H]1C(=O)Nc1nc2c(Cl)cccc2s1. The Bertz CT molecular complexity index is 685. The van der Waals surface area contributed by atoms with Crippen molar-refractivity contribution in [2.45, 2.75) is 6.42 Å². The van der Waals surface area contributed by atoms with Crippen LogP contribution < -0.4 is 10.4 Å². The molecule has 1 fully saturated rings. The lowest BCUT2D eigenvalue weighted by Gasteiger charge is -2.01. The highest BCUT2D eigenvalue weighted by Crippen LogP contribution is 2.39. The molecule has 1 aromatic heterocycles. The Hall–Kier alpha value is -1.66. The number of hydrogen-bond donors (Lipinski definition) is 1. The summed E-state index contributed by atoms with van der Waals surface area (Å²) in [6.07, 6.45) is 0.333. The quantitative estimate of drug-likeness (QED) is 0.924. The van der Waals surface area contributed by atoms with Crippen molar-refractivity contribution in [3.63, 3.8) is 0 Å². The minimum absolute atomic E-state index is 0.329. The van der Waals surface area contributed by atoms with Crippen molar-refractivity contribution in [3.05, 3.63) is 23.2 Å². The van der Waals surface area contributed by atoms with Crippen LogP contribution in [0.5, 0.6) is 0 Å². The molecule has 0 spiro atoms. The highest BCUT2D eigenvalue weighted by atomic mass is 35.5. The topological polar surface area (TPSA) is 82.1 Å². The van der Waals surface area contributed by atoms with Gasteiger partial charge < -0.3 is 15.2 Å². The number of carbonyl (C=O) groups excluding carboxylic acids is 2. The van der Waals surface area contributed by atoms with E-state index in [2.05, 4.69) is 10.3 Å². The zero-order chi connectivity index (χ0) is 13.6. The van der Waals surface area contributed by atoms with E-state index < -0.39 is 17.8 Å². The van der Waals surface area contributed by atoms with Gasteiger partial charge in [-0.05, 0) is 18.6 Å². The van der Waals surface area contributed by atoms with Gasteiger partial charge in [-0.1, -0.05) is 29.0 Å². The second-order valence-corrected chi connectivity index (χ2v) is 5.80. The van der Waals surface area contributed by atoms with Crippen molar-refractivity contribution >= 4 is 50.2 Å². The lowest BCUT2D eigenvalue weighted by Crippen LogP contribution is -2.27. The van der Waals surface area contributed by atoms with E-state index >= 15 is 0 Å². The van der Waals surface area contributed by atoms with Crippen molar-refractivity contribution < 1.29 is 14.7 Å². The van der Waals surface area contributed by atoms with Crippen molar-refractivity contribution in [1.29, 1.82) is 0 Å². The third-order valence-electron chi connectivity index (χ3n) is 3.03. The van der Waals surface area contributed by atoms with Crippen LogP contribution in [-0.4, -0.2) is 16.9 Å². The number of para-hydroxylation sites is 1. The van der Waals surface area contributed by atoms with Crippen molar-refractivity contribution in [2.75, 3.05) is 5.32 Å². The van der Waals surface area contributed by atoms with Crippen LogP contribution in [0.25, 0.3) is 10.2 Å². The molecule has 0 aliphatic heterocycles. The maximum Gasteiger partial charge on any atom is 0.229 e. The van der Waals surface area contributed by atoms with Gasteiger partial charge in [0.05, 0.1) is 9.72 Å². The summed E-state index contributed by atoms with van der Waals surface area (Å²) in [5, 5.41) is 14.2. The summed E-state index contributed by atoms with van der Waals surface area (Å²) < 4.78 is 0.870. The minimum Gasteiger partial charge on any atom is -0.550 e. The Morgan fingerprint density at radius 2 is 2.21 bits per heavy atom. The van der Waals surface area contributed by atoms with Gasteiger partial charge in [0.2, 0.25) is 5.91 Å². The van der Waals surface area contributed by atoms with E-state index in [1.54, 1.807) is 6.07 Å². The first-order chi connectivity index (χ1) is 9.06. The molecule has 3 rings (SSSR count). The highest BCUT2D eigenvalue weighted by Gasteiger charge is 2.44. The fraction of sp³-hybridized carbons (Fsp3) is 0.250. The van der Waals surface area contributed by atoms with E-state index in [0.29, 0.717) is 22.1 Å². The molecular formula is C12H8ClN2O3S-. The van der Waals surface area contributed by atoms with Gasteiger partial charge in [-0.25, -0.2) is 4.98 Å². The monoisotopic (exact) mass is 295 g/mol. The maximum absolute atomic E-state index is 11.8. The molecule has 7 heteroatoms. The van der Waals surface area contributed by atoms with Crippen molar-refractivity contribution in [2.24, 2.45) is 11.8 Å². The van der Waals surface area contributed by atoms with Gasteiger partial charge in [0, 0.05) is 17.8 Å². The zero-order valence-corrected chi connectivity index (χ0v) is 11.1. The smallest absolute Gasteiger partial charge is 0.229 e. The number of aliphatic carboxylic acids is 1. The lowest BCUT2D eigenvalue weighted by molar-refractivity contribution is -0.308. The number of halogens is 1. The molecule has 2 atom stereocenters. The van der Waals surface area contributed by atoms with Gasteiger partial charge in [0.1, 0.15) is 5.52 Å². The van der Waals surface area contributed by atoms with Crippen LogP contribution in [0.15, 0.2) is 18.2 Å². The van der Waals surface area contributed by atoms with Crippen molar-refractivity contribution in [1.82, 2.24) is 4.98 Å². The van der Waals surface area contributed by atoms with Crippen molar-refractivity contribution in [3.8, 4) is 0 Å². The number of amides is 1. The average Bonchev–Trinajstić information content (AvgIpc) is 3.05. The molecule has 2 aromatic rings. The maximum atomic E-state index is 11.8. The molecule has 0 saturated heterocycles. The first kappa shape index (κ1) is 12.4. The Labute approximate surface area is 117 Å². The number of aromatic nitrogens is 1. The number of nitrogens with one attached hydrogen (secondary N) is 1. The van der Waals surface area contributed by atoms with Crippen LogP contribution in [-0.2, 0) is 9.59 Å². The number of anilines is 1. The number of carboxylic acid groups (broad SMARTS) is 1. The summed E-state index contributed by atoms with van der Waals surface area (Å²) in [6, 6.07) is 5.39. The Kier molecular flexibility index (Phi) is 2.91. The number of fused-ring (bicyclic) bond motifs is 1. The fourth-order valence-electron chi connectivity index (χ4n) is 1.91. The molecule has 5 nitrogen and oxygen atoms in total. The number of rotatable bonds is 3. The molecule has 1 saturated carbocycles. The molecule has 19 heavy (non-hydrogen) atoms. The van der Waals surface area contributed by atoms with E-state index in [0.717, 1.165) is 4.70 Å². The number of hydrogen-bond acceptors (Lipinski definition) is 5. The summed E-state index contributed by atoms with van der Waals surface area (Å²) in [4.78, 5) is 26.6.